The van der Waals surface area contributed by atoms with Gasteiger partial charge < -0.3 is 13.6 Å². The number of oxazole rings is 1. The lowest BCUT2D eigenvalue weighted by molar-refractivity contribution is 0.105. The maximum Gasteiger partial charge on any atom is 0.231 e. The van der Waals surface area contributed by atoms with Crippen LogP contribution in [0.5, 0.6) is 5.75 Å². The highest BCUT2D eigenvalue weighted by Gasteiger charge is 2.20. The van der Waals surface area contributed by atoms with Crippen LogP contribution in [0.3, 0.4) is 0 Å². The van der Waals surface area contributed by atoms with Crippen LogP contribution in [0.2, 0.25) is 0 Å². The Morgan fingerprint density at radius 1 is 1.04 bits per heavy atom. The van der Waals surface area contributed by atoms with Gasteiger partial charge >= 0.3 is 0 Å². The van der Waals surface area contributed by atoms with Gasteiger partial charge in [-0.1, -0.05) is 12.1 Å². The molecule has 5 nitrogen and oxygen atoms in total. The summed E-state index contributed by atoms with van der Waals surface area (Å²) >= 11 is 0. The summed E-state index contributed by atoms with van der Waals surface area (Å²) in [5.41, 5.74) is 2.14. The topological polar surface area (TPSA) is 65.5 Å². The van der Waals surface area contributed by atoms with Crippen LogP contribution in [0.25, 0.3) is 22.7 Å². The Labute approximate surface area is 149 Å². The predicted molar refractivity (Wildman–Crippen MR) is 97.9 cm³/mol. The van der Waals surface area contributed by atoms with Crippen molar-refractivity contribution in [3.05, 3.63) is 84.1 Å². The molecule has 0 aliphatic rings. The molecular formula is C21H15NO4. The van der Waals surface area contributed by atoms with E-state index in [0.717, 1.165) is 0 Å². The Kier molecular flexibility index (Phi) is 4.11. The van der Waals surface area contributed by atoms with Crippen LogP contribution in [-0.4, -0.2) is 17.9 Å². The fraction of sp³-hybridized carbons (Fsp3) is 0.0476. The highest BCUT2D eigenvalue weighted by atomic mass is 16.5. The van der Waals surface area contributed by atoms with Crippen molar-refractivity contribution in [1.82, 2.24) is 4.98 Å². The van der Waals surface area contributed by atoms with Gasteiger partial charge in [0.25, 0.3) is 0 Å². The van der Waals surface area contributed by atoms with Crippen LogP contribution in [0.15, 0.2) is 75.8 Å². The Morgan fingerprint density at radius 3 is 2.54 bits per heavy atom. The van der Waals surface area contributed by atoms with Crippen molar-refractivity contribution in [1.29, 1.82) is 0 Å². The molecule has 0 bridgehead atoms. The number of aromatic nitrogens is 1. The standard InChI is InChI=1S/C21H15NO4/c1-24-15-10-8-14(9-11-15)20(23)17(13-16-5-4-12-25-16)21-22-18-6-2-3-7-19(18)26-21/h2-13H,1H3/b17-13-. The third-order valence-corrected chi connectivity index (χ3v) is 3.95. The monoisotopic (exact) mass is 345 g/mol. The maximum atomic E-state index is 13.1. The molecule has 0 spiro atoms. The smallest absolute Gasteiger partial charge is 0.231 e. The average Bonchev–Trinajstić information content (AvgIpc) is 3.34. The number of para-hydroxylation sites is 2. The lowest BCUT2D eigenvalue weighted by atomic mass is 10.0. The average molecular weight is 345 g/mol. The number of hydrogen-bond donors (Lipinski definition) is 0. The molecule has 0 aliphatic heterocycles. The van der Waals surface area contributed by atoms with Gasteiger partial charge in [0, 0.05) is 5.56 Å². The SMILES string of the molecule is COc1ccc(C(=O)/C(=C/c2ccco2)c2nc3ccccc3o2)cc1. The number of furan rings is 1. The number of methoxy groups -OCH3 is 1. The van der Waals surface area contributed by atoms with Crippen molar-refractivity contribution in [2.24, 2.45) is 0 Å². The summed E-state index contributed by atoms with van der Waals surface area (Å²) in [6.45, 7) is 0. The van der Waals surface area contributed by atoms with E-state index in [1.165, 1.54) is 0 Å². The molecule has 0 atom stereocenters. The van der Waals surface area contributed by atoms with Crippen molar-refractivity contribution >= 4 is 28.5 Å². The summed E-state index contributed by atoms with van der Waals surface area (Å²) in [6.07, 6.45) is 3.19. The molecule has 4 rings (SSSR count). The maximum absolute atomic E-state index is 13.1. The Balaban J connectivity index is 1.81. The number of carbonyl (C=O) groups is 1. The number of carbonyl (C=O) groups excluding carboxylic acids is 1. The summed E-state index contributed by atoms with van der Waals surface area (Å²) in [7, 11) is 1.58. The van der Waals surface area contributed by atoms with Gasteiger partial charge in [-0.15, -0.1) is 0 Å². The quantitative estimate of drug-likeness (QED) is 0.382. The molecule has 2 aromatic heterocycles. The van der Waals surface area contributed by atoms with Crippen LogP contribution in [-0.2, 0) is 0 Å². The Hall–Kier alpha value is -3.60. The van der Waals surface area contributed by atoms with Crippen molar-refractivity contribution in [2.45, 2.75) is 0 Å². The lowest BCUT2D eigenvalue weighted by Crippen LogP contribution is -2.03. The first kappa shape index (κ1) is 15.9. The highest BCUT2D eigenvalue weighted by Crippen LogP contribution is 2.27. The number of allylic oxidation sites excluding steroid dienone is 1. The number of ether oxygens (including phenoxy) is 1. The van der Waals surface area contributed by atoms with E-state index in [9.17, 15) is 4.79 Å². The van der Waals surface area contributed by atoms with Crippen molar-refractivity contribution < 1.29 is 18.4 Å². The molecule has 0 fully saturated rings. The molecule has 2 heterocycles. The highest BCUT2D eigenvalue weighted by molar-refractivity contribution is 6.31. The summed E-state index contributed by atoms with van der Waals surface area (Å²) < 4.78 is 16.3. The zero-order chi connectivity index (χ0) is 17.9. The molecule has 0 amide bonds. The van der Waals surface area contributed by atoms with Gasteiger partial charge in [0.1, 0.15) is 17.0 Å². The molecule has 5 heteroatoms. The third kappa shape index (κ3) is 3.02. The number of rotatable bonds is 5. The van der Waals surface area contributed by atoms with Crippen LogP contribution in [0, 0.1) is 0 Å². The molecule has 0 unspecified atom stereocenters. The van der Waals surface area contributed by atoms with Gasteiger partial charge in [0.15, 0.2) is 11.4 Å². The van der Waals surface area contributed by atoms with Crippen molar-refractivity contribution in [3.63, 3.8) is 0 Å². The lowest BCUT2D eigenvalue weighted by Gasteiger charge is -2.04. The molecule has 0 saturated carbocycles. The fourth-order valence-corrected chi connectivity index (χ4v) is 2.63. The molecular weight excluding hydrogens is 330 g/mol. The van der Waals surface area contributed by atoms with Gasteiger partial charge in [0.05, 0.1) is 18.9 Å². The fourth-order valence-electron chi connectivity index (χ4n) is 2.63. The number of ketones is 1. The number of Topliss-reactive ketones (excluding diaryl/α,β-unsaturated/α-hetero) is 1. The zero-order valence-corrected chi connectivity index (χ0v) is 14.0. The van der Waals surface area contributed by atoms with Crippen molar-refractivity contribution in [2.75, 3.05) is 7.11 Å². The van der Waals surface area contributed by atoms with Gasteiger partial charge in [-0.3, -0.25) is 4.79 Å². The molecule has 4 aromatic rings. The minimum atomic E-state index is -0.212. The molecule has 0 N–H and O–H groups in total. The first-order valence-corrected chi connectivity index (χ1v) is 8.04. The second-order valence-electron chi connectivity index (χ2n) is 5.62. The molecule has 0 radical (unpaired) electrons. The first-order valence-electron chi connectivity index (χ1n) is 8.04. The van der Waals surface area contributed by atoms with Crippen molar-refractivity contribution in [3.8, 4) is 5.75 Å². The van der Waals surface area contributed by atoms with E-state index in [-0.39, 0.29) is 11.7 Å². The van der Waals surface area contributed by atoms with Gasteiger partial charge in [-0.05, 0) is 54.6 Å². The number of nitrogens with zero attached hydrogens (tertiary/aromatic N) is 1. The number of benzene rings is 2. The molecule has 26 heavy (non-hydrogen) atoms. The van der Waals surface area contributed by atoms with E-state index < -0.39 is 0 Å². The van der Waals surface area contributed by atoms with Crippen LogP contribution in [0.4, 0.5) is 0 Å². The van der Waals surface area contributed by atoms with E-state index in [0.29, 0.717) is 33.7 Å². The predicted octanol–water partition coefficient (Wildman–Crippen LogP) is 4.85. The largest absolute Gasteiger partial charge is 0.497 e. The van der Waals surface area contributed by atoms with E-state index in [4.69, 9.17) is 13.6 Å². The van der Waals surface area contributed by atoms with Gasteiger partial charge in [-0.25, -0.2) is 4.98 Å². The second kappa shape index (κ2) is 6.72. The van der Waals surface area contributed by atoms with E-state index >= 15 is 0 Å². The van der Waals surface area contributed by atoms with Crippen LogP contribution >= 0.6 is 0 Å². The van der Waals surface area contributed by atoms with E-state index in [1.54, 1.807) is 55.8 Å². The summed E-state index contributed by atoms with van der Waals surface area (Å²) in [4.78, 5) is 17.5. The van der Waals surface area contributed by atoms with E-state index in [2.05, 4.69) is 4.98 Å². The van der Waals surface area contributed by atoms with E-state index in [1.807, 2.05) is 24.3 Å². The van der Waals surface area contributed by atoms with Crippen LogP contribution < -0.4 is 4.74 Å². The first-order chi connectivity index (χ1) is 12.7. The third-order valence-electron chi connectivity index (χ3n) is 3.95. The van der Waals surface area contributed by atoms with Crippen LogP contribution in [0.1, 0.15) is 22.0 Å². The van der Waals surface area contributed by atoms with Gasteiger partial charge in [-0.2, -0.15) is 0 Å². The molecule has 128 valence electrons. The summed E-state index contributed by atoms with van der Waals surface area (Å²) in [5, 5.41) is 0. The minimum absolute atomic E-state index is 0.212. The molecule has 2 aromatic carbocycles. The summed E-state index contributed by atoms with van der Waals surface area (Å²) in [5.74, 6) is 1.27. The zero-order valence-electron chi connectivity index (χ0n) is 14.0. The minimum Gasteiger partial charge on any atom is -0.497 e. The molecule has 0 saturated heterocycles. The Bertz CT molecular complexity index is 1040. The number of fused-ring (bicyclic) bond motifs is 1. The number of hydrogen-bond acceptors (Lipinski definition) is 5. The Morgan fingerprint density at radius 2 is 1.85 bits per heavy atom. The normalized spacial score (nSPS) is 11.7. The van der Waals surface area contributed by atoms with Gasteiger partial charge in [0.2, 0.25) is 5.89 Å². The summed E-state index contributed by atoms with van der Waals surface area (Å²) in [6, 6.07) is 17.8. The molecule has 0 aliphatic carbocycles. The second-order valence-corrected chi connectivity index (χ2v) is 5.62.